The number of nitrogens with zero attached hydrogens (tertiary/aromatic N) is 2. The van der Waals surface area contributed by atoms with Crippen LogP contribution in [-0.2, 0) is 11.4 Å². The lowest BCUT2D eigenvalue weighted by molar-refractivity contribution is -0.157. The van der Waals surface area contributed by atoms with Crippen LogP contribution in [0.15, 0.2) is 146 Å². The van der Waals surface area contributed by atoms with Gasteiger partial charge in [0.2, 0.25) is 11.4 Å². The second-order valence-corrected chi connectivity index (χ2v) is 13.6. The number of carbonyl (C=O) groups excluding carboxylic acids is 1. The van der Waals surface area contributed by atoms with Gasteiger partial charge in [0.05, 0.1) is 11.4 Å². The number of carbonyl (C=O) groups is 1. The molecule has 3 aliphatic rings. The molecule has 0 saturated carbocycles. The van der Waals surface area contributed by atoms with E-state index in [9.17, 15) is 15.0 Å². The highest BCUT2D eigenvalue weighted by Crippen LogP contribution is 2.50. The van der Waals surface area contributed by atoms with E-state index in [2.05, 4.69) is 44.9 Å². The zero-order chi connectivity index (χ0) is 36.4. The van der Waals surface area contributed by atoms with E-state index in [0.717, 1.165) is 44.7 Å². The topological polar surface area (TPSA) is 139 Å². The lowest BCUT2D eigenvalue weighted by Gasteiger charge is -2.30. The lowest BCUT2D eigenvalue weighted by atomic mass is 9.89. The molecular weight excluding hydrogens is 673 g/mol. The summed E-state index contributed by atoms with van der Waals surface area (Å²) in [4.78, 5) is 31.0. The Morgan fingerprint density at radius 1 is 0.407 bits per heavy atom. The molecule has 2 atom stereocenters. The number of fused-ring (bicyclic) bond motifs is 11. The first-order valence-electron chi connectivity index (χ1n) is 17.7. The average molecular weight is 705 g/mol. The number of aromatic nitrogens is 4. The fourth-order valence-electron chi connectivity index (χ4n) is 7.90. The normalized spacial score (nSPS) is 18.6. The van der Waals surface area contributed by atoms with Crippen molar-refractivity contribution in [2.45, 2.75) is 11.4 Å². The van der Waals surface area contributed by atoms with Gasteiger partial charge in [-0.15, -0.1) is 0 Å². The van der Waals surface area contributed by atoms with E-state index in [1.54, 1.807) is 0 Å². The molecule has 54 heavy (non-hydrogen) atoms. The lowest BCUT2D eigenvalue weighted by Crippen LogP contribution is -2.52. The summed E-state index contributed by atoms with van der Waals surface area (Å²) in [5.74, 6) is 0. The molecule has 1 fully saturated rings. The molecule has 0 radical (unpaired) electrons. The van der Waals surface area contributed by atoms with Crippen LogP contribution in [-0.4, -0.2) is 36.2 Å². The molecule has 8 bridgehead atoms. The maximum Gasteiger partial charge on any atom is 0.320 e. The van der Waals surface area contributed by atoms with Crippen molar-refractivity contribution in [2.24, 2.45) is 0 Å². The van der Waals surface area contributed by atoms with E-state index in [1.165, 1.54) is 0 Å². The molecular formula is C45H32N6O3. The fourth-order valence-corrected chi connectivity index (χ4v) is 7.90. The summed E-state index contributed by atoms with van der Waals surface area (Å²) < 4.78 is 0. The molecule has 260 valence electrons. The highest BCUT2D eigenvalue weighted by atomic mass is 16.4. The van der Waals surface area contributed by atoms with E-state index in [0.29, 0.717) is 33.3 Å². The largest absolute Gasteiger partial charge is 0.362 e. The maximum atomic E-state index is 13.3. The molecule has 0 aliphatic carbocycles. The molecule has 6 heterocycles. The molecule has 3 aromatic heterocycles. The summed E-state index contributed by atoms with van der Waals surface area (Å²) >= 11 is 0. The van der Waals surface area contributed by atoms with Crippen molar-refractivity contribution < 1.29 is 15.0 Å². The number of hydrogen-bond donors (Lipinski definition) is 6. The molecule has 2 amide bonds. The van der Waals surface area contributed by atoms with Gasteiger partial charge in [0.25, 0.3) is 0 Å². The minimum Gasteiger partial charge on any atom is -0.362 e. The maximum absolute atomic E-state index is 13.3. The third kappa shape index (κ3) is 4.76. The summed E-state index contributed by atoms with van der Waals surface area (Å²) in [6.07, 6.45) is 4.08. The molecule has 4 aromatic carbocycles. The molecule has 9 heteroatoms. The van der Waals surface area contributed by atoms with Gasteiger partial charge in [0, 0.05) is 44.3 Å². The Balaban J connectivity index is 1.46. The second-order valence-electron chi connectivity index (χ2n) is 13.6. The first kappa shape index (κ1) is 31.6. The quantitative estimate of drug-likeness (QED) is 0.109. The van der Waals surface area contributed by atoms with Crippen molar-refractivity contribution in [3.05, 3.63) is 168 Å². The second kappa shape index (κ2) is 12.0. The highest BCUT2D eigenvalue weighted by Gasteiger charge is 2.66. The minimum atomic E-state index is -2.37. The van der Waals surface area contributed by atoms with Crippen LogP contribution in [0.3, 0.4) is 0 Å². The molecule has 9 nitrogen and oxygen atoms in total. The van der Waals surface area contributed by atoms with E-state index < -0.39 is 17.5 Å². The average Bonchev–Trinajstić information content (AvgIpc) is 4.03. The molecule has 0 unspecified atom stereocenters. The standard InChI is InChI=1S/C45H32N6O3/c52-43-50-44(53)41-39(29-17-9-3-10-18-29)35-25-23-33(47-35)37(27-13-5-1-6-14-27)31-21-22-32(46-31)38(28-15-7-2-8-16-28)34-24-26-36(48-34)40(30-19-11-4-12-20-30)42(49-41)45(44,54)51-43/h1-26,47-48,53-54H,(H2,50,51,52)/t44-,45+. The molecule has 1 saturated heterocycles. The van der Waals surface area contributed by atoms with Gasteiger partial charge < -0.3 is 30.8 Å². The third-order valence-electron chi connectivity index (χ3n) is 10.3. The van der Waals surface area contributed by atoms with Gasteiger partial charge in [0.1, 0.15) is 11.4 Å². The van der Waals surface area contributed by atoms with Gasteiger partial charge in [-0.25, -0.2) is 14.8 Å². The van der Waals surface area contributed by atoms with Crippen LogP contribution in [0.1, 0.15) is 22.8 Å². The van der Waals surface area contributed by atoms with Gasteiger partial charge in [-0.3, -0.25) is 0 Å². The van der Waals surface area contributed by atoms with Crippen LogP contribution in [0.25, 0.3) is 78.7 Å². The Morgan fingerprint density at radius 3 is 1.07 bits per heavy atom. The molecule has 7 aromatic rings. The number of aliphatic hydroxyl groups is 2. The summed E-state index contributed by atoms with van der Waals surface area (Å²) in [5.41, 5.74) is 5.79. The first-order valence-corrected chi connectivity index (χ1v) is 17.7. The predicted molar refractivity (Wildman–Crippen MR) is 211 cm³/mol. The van der Waals surface area contributed by atoms with E-state index in [-0.39, 0.29) is 11.4 Å². The fraction of sp³-hybridized carbons (Fsp3) is 0.0444. The van der Waals surface area contributed by atoms with Crippen molar-refractivity contribution in [1.29, 1.82) is 0 Å². The number of H-pyrrole nitrogens is 2. The van der Waals surface area contributed by atoms with E-state index >= 15 is 0 Å². The monoisotopic (exact) mass is 704 g/mol. The molecule has 0 spiro atoms. The van der Waals surface area contributed by atoms with Crippen LogP contribution >= 0.6 is 0 Å². The van der Waals surface area contributed by atoms with E-state index in [1.807, 2.05) is 133 Å². The van der Waals surface area contributed by atoms with Crippen LogP contribution in [0.2, 0.25) is 0 Å². The van der Waals surface area contributed by atoms with Crippen LogP contribution in [0.5, 0.6) is 0 Å². The van der Waals surface area contributed by atoms with Gasteiger partial charge in [0.15, 0.2) is 0 Å². The zero-order valence-corrected chi connectivity index (χ0v) is 28.7. The van der Waals surface area contributed by atoms with Crippen molar-refractivity contribution >= 4 is 40.2 Å². The summed E-state index contributed by atoms with van der Waals surface area (Å²) in [5, 5.41) is 30.7. The Labute approximate surface area is 309 Å². The van der Waals surface area contributed by atoms with Crippen molar-refractivity contribution in [3.63, 3.8) is 0 Å². The summed E-state index contributed by atoms with van der Waals surface area (Å²) in [6, 6.07) is 46.3. The first-order chi connectivity index (χ1) is 26.4. The van der Waals surface area contributed by atoms with Crippen molar-refractivity contribution in [1.82, 2.24) is 30.6 Å². The predicted octanol–water partition coefficient (Wildman–Crippen LogP) is 8.46. The Bertz CT molecular complexity index is 2630. The van der Waals surface area contributed by atoms with E-state index in [4.69, 9.17) is 9.97 Å². The number of benzene rings is 4. The Hall–Kier alpha value is -7.07. The van der Waals surface area contributed by atoms with Gasteiger partial charge in [-0.1, -0.05) is 121 Å². The van der Waals surface area contributed by atoms with Gasteiger partial charge in [-0.2, -0.15) is 0 Å². The van der Waals surface area contributed by atoms with Crippen molar-refractivity contribution in [2.75, 3.05) is 0 Å². The van der Waals surface area contributed by atoms with Gasteiger partial charge in [-0.05, 0) is 58.7 Å². The van der Waals surface area contributed by atoms with Crippen LogP contribution in [0.4, 0.5) is 4.79 Å². The Morgan fingerprint density at radius 2 is 0.722 bits per heavy atom. The molecule has 6 N–H and O–H groups in total. The van der Waals surface area contributed by atoms with Gasteiger partial charge >= 0.3 is 6.03 Å². The van der Waals surface area contributed by atoms with Crippen LogP contribution < -0.4 is 10.6 Å². The third-order valence-corrected chi connectivity index (χ3v) is 10.3. The molecule has 10 rings (SSSR count). The smallest absolute Gasteiger partial charge is 0.320 e. The number of hydrogen-bond acceptors (Lipinski definition) is 5. The Kier molecular flexibility index (Phi) is 7.03. The zero-order valence-electron chi connectivity index (χ0n) is 28.7. The summed E-state index contributed by atoms with van der Waals surface area (Å²) in [7, 11) is 0. The van der Waals surface area contributed by atoms with Crippen molar-refractivity contribution in [3.8, 4) is 44.5 Å². The number of rotatable bonds is 4. The number of aromatic amines is 2. The number of amides is 2. The number of nitrogens with one attached hydrogen (secondary N) is 4. The van der Waals surface area contributed by atoms with Crippen LogP contribution in [0, 0.1) is 0 Å². The summed E-state index contributed by atoms with van der Waals surface area (Å²) in [6.45, 7) is 0. The SMILES string of the molecule is O=C1N[C@@]2(O)c3nc(c(-c4ccccc4)c4ccc([nH]4)c(-c4ccccc4)c4nc(c(-c5ccccc5)c5ccc([nH]5)c3-c3ccccc3)C=C4)[C@@]2(O)N1. The minimum absolute atomic E-state index is 0.0665. The highest BCUT2D eigenvalue weighted by molar-refractivity contribution is 5.98. The molecule has 3 aliphatic heterocycles. The number of urea groups is 1.